The molecule has 0 amide bonds. The van der Waals surface area contributed by atoms with Crippen LogP contribution in [0.4, 0.5) is 5.82 Å². The summed E-state index contributed by atoms with van der Waals surface area (Å²) in [7, 11) is -1.51. The van der Waals surface area contributed by atoms with E-state index in [0.717, 1.165) is 22.1 Å². The summed E-state index contributed by atoms with van der Waals surface area (Å²) in [5, 5.41) is 3.81. The molecule has 0 saturated heterocycles. The monoisotopic (exact) mass is 452 g/mol. The van der Waals surface area contributed by atoms with E-state index in [-0.39, 0.29) is 11.8 Å². The largest absolute Gasteiger partial charge is 0.467 e. The fourth-order valence-corrected chi connectivity index (χ4v) is 4.03. The molecule has 0 aliphatic heterocycles. The number of furan rings is 1. The van der Waals surface area contributed by atoms with Crippen molar-refractivity contribution in [1.82, 2.24) is 15.3 Å². The maximum atomic E-state index is 11.3. The van der Waals surface area contributed by atoms with Crippen LogP contribution in [0.3, 0.4) is 0 Å². The van der Waals surface area contributed by atoms with Gasteiger partial charge in [-0.25, -0.2) is 8.42 Å². The molecule has 0 fully saturated rings. The van der Waals surface area contributed by atoms with Crippen LogP contribution in [0.2, 0.25) is 0 Å². The summed E-state index contributed by atoms with van der Waals surface area (Å²) >= 11 is 0. The van der Waals surface area contributed by atoms with Crippen LogP contribution in [0.1, 0.15) is 5.76 Å². The number of nitrogen functional groups attached to an aromatic ring is 1. The van der Waals surface area contributed by atoms with E-state index in [2.05, 4.69) is 15.3 Å². The molecular formula is C23H24N4O4S. The predicted molar refractivity (Wildman–Crippen MR) is 125 cm³/mol. The van der Waals surface area contributed by atoms with Crippen LogP contribution < -0.4 is 15.8 Å². The Balaban J connectivity index is 1.75. The van der Waals surface area contributed by atoms with Crippen molar-refractivity contribution < 1.29 is 17.6 Å². The molecule has 0 unspecified atom stereocenters. The Morgan fingerprint density at radius 2 is 1.84 bits per heavy atom. The number of aromatic nitrogens is 2. The third kappa shape index (κ3) is 4.74. The van der Waals surface area contributed by atoms with Crippen molar-refractivity contribution in [3.63, 3.8) is 0 Å². The number of sulfone groups is 1. The van der Waals surface area contributed by atoms with Gasteiger partial charge in [-0.1, -0.05) is 30.3 Å². The fraction of sp³-hybridized carbons (Fsp3) is 0.217. The summed E-state index contributed by atoms with van der Waals surface area (Å²) in [6.07, 6.45) is 1.22. The van der Waals surface area contributed by atoms with Crippen molar-refractivity contribution in [2.45, 2.75) is 6.54 Å². The van der Waals surface area contributed by atoms with E-state index < -0.39 is 9.84 Å². The van der Waals surface area contributed by atoms with Crippen LogP contribution in [-0.4, -0.2) is 44.0 Å². The van der Waals surface area contributed by atoms with Crippen molar-refractivity contribution in [3.05, 3.63) is 60.4 Å². The second-order valence-electron chi connectivity index (χ2n) is 7.42. The van der Waals surface area contributed by atoms with Crippen LogP contribution >= 0.6 is 0 Å². The van der Waals surface area contributed by atoms with Crippen LogP contribution in [-0.2, 0) is 16.4 Å². The summed E-state index contributed by atoms with van der Waals surface area (Å²) < 4.78 is 33.8. The van der Waals surface area contributed by atoms with Gasteiger partial charge < -0.3 is 20.2 Å². The summed E-state index contributed by atoms with van der Waals surface area (Å²) in [6, 6.07) is 17.6. The lowest BCUT2D eigenvalue weighted by molar-refractivity contribution is 0.382. The lowest BCUT2D eigenvalue weighted by Gasteiger charge is -2.14. The van der Waals surface area contributed by atoms with Crippen molar-refractivity contribution >= 4 is 26.6 Å². The molecule has 0 aliphatic carbocycles. The summed E-state index contributed by atoms with van der Waals surface area (Å²) in [5.41, 5.74) is 9.67. The molecular weight excluding hydrogens is 428 g/mol. The molecule has 0 spiro atoms. The number of nitrogens with one attached hydrogen (secondary N) is 1. The zero-order chi connectivity index (χ0) is 22.7. The van der Waals surface area contributed by atoms with Gasteiger partial charge in [0.2, 0.25) is 0 Å². The van der Waals surface area contributed by atoms with E-state index in [4.69, 9.17) is 14.9 Å². The normalized spacial score (nSPS) is 11.7. The SMILES string of the molecule is COc1nc(N)c2c(-c3ccccc3)c(-c3ccc(CNCCS(C)(=O)=O)o3)ccc2n1. The van der Waals surface area contributed by atoms with Gasteiger partial charge >= 0.3 is 6.01 Å². The number of anilines is 1. The average molecular weight is 453 g/mol. The zero-order valence-electron chi connectivity index (χ0n) is 17.8. The maximum absolute atomic E-state index is 11.3. The molecule has 9 heteroatoms. The Labute approximate surface area is 186 Å². The minimum atomic E-state index is -3.01. The van der Waals surface area contributed by atoms with Crippen LogP contribution in [0.15, 0.2) is 59.0 Å². The molecule has 0 radical (unpaired) electrons. The first-order valence-electron chi connectivity index (χ1n) is 10.0. The predicted octanol–water partition coefficient (Wildman–Crippen LogP) is 3.28. The van der Waals surface area contributed by atoms with E-state index in [9.17, 15) is 8.42 Å². The van der Waals surface area contributed by atoms with Crippen molar-refractivity contribution in [2.75, 3.05) is 31.4 Å². The highest BCUT2D eigenvalue weighted by Crippen LogP contribution is 2.40. The van der Waals surface area contributed by atoms with Gasteiger partial charge in [-0.2, -0.15) is 9.97 Å². The minimum absolute atomic E-state index is 0.0755. The van der Waals surface area contributed by atoms with E-state index in [0.29, 0.717) is 35.9 Å². The number of methoxy groups -OCH3 is 1. The van der Waals surface area contributed by atoms with E-state index in [1.165, 1.54) is 13.4 Å². The topological polar surface area (TPSA) is 120 Å². The van der Waals surface area contributed by atoms with E-state index >= 15 is 0 Å². The molecule has 3 N–H and O–H groups in total. The highest BCUT2D eigenvalue weighted by molar-refractivity contribution is 7.90. The number of fused-ring (bicyclic) bond motifs is 1. The molecule has 0 bridgehead atoms. The van der Waals surface area contributed by atoms with Crippen LogP contribution in [0.25, 0.3) is 33.4 Å². The molecule has 8 nitrogen and oxygen atoms in total. The van der Waals surface area contributed by atoms with Crippen LogP contribution in [0, 0.1) is 0 Å². The molecule has 166 valence electrons. The minimum Gasteiger partial charge on any atom is -0.467 e. The maximum Gasteiger partial charge on any atom is 0.318 e. The van der Waals surface area contributed by atoms with Gasteiger partial charge in [0, 0.05) is 23.9 Å². The third-order valence-corrected chi connectivity index (χ3v) is 5.94. The Bertz CT molecular complexity index is 1350. The van der Waals surface area contributed by atoms with Gasteiger partial charge in [0.1, 0.15) is 27.2 Å². The number of rotatable bonds is 8. The molecule has 0 saturated carbocycles. The first kappa shape index (κ1) is 21.8. The number of hydrogen-bond donors (Lipinski definition) is 2. The molecule has 0 atom stereocenters. The Morgan fingerprint density at radius 3 is 2.56 bits per heavy atom. The summed E-state index contributed by atoms with van der Waals surface area (Å²) in [6.45, 7) is 0.780. The average Bonchev–Trinajstić information content (AvgIpc) is 3.24. The molecule has 0 aliphatic rings. The first-order chi connectivity index (χ1) is 15.4. The molecule has 2 aromatic carbocycles. The molecule has 4 rings (SSSR count). The van der Waals surface area contributed by atoms with Crippen molar-refractivity contribution in [1.29, 1.82) is 0 Å². The van der Waals surface area contributed by atoms with Gasteiger partial charge in [-0.05, 0) is 29.8 Å². The number of ether oxygens (including phenoxy) is 1. The molecule has 4 aromatic rings. The fourth-order valence-electron chi connectivity index (χ4n) is 3.52. The van der Waals surface area contributed by atoms with Gasteiger partial charge in [0.25, 0.3) is 0 Å². The Kier molecular flexibility index (Phi) is 6.11. The second-order valence-corrected chi connectivity index (χ2v) is 9.68. The van der Waals surface area contributed by atoms with Gasteiger partial charge in [-0.3, -0.25) is 0 Å². The number of nitrogens with zero attached hydrogens (tertiary/aromatic N) is 2. The standard InChI is InChI=1S/C23H24N4O4S/c1-30-23-26-18-10-9-17(19-11-8-16(31-19)14-25-12-13-32(2,28)29)20(21(18)22(24)27-23)15-6-4-3-5-7-15/h3-11,25H,12-14H2,1-2H3,(H2,24,26,27). The number of nitrogens with two attached hydrogens (primary N) is 1. The quantitative estimate of drug-likeness (QED) is 0.391. The molecule has 2 aromatic heterocycles. The Hall–Kier alpha value is -3.43. The lowest BCUT2D eigenvalue weighted by Crippen LogP contribution is -2.21. The van der Waals surface area contributed by atoms with E-state index in [1.807, 2.05) is 54.6 Å². The summed E-state index contributed by atoms with van der Waals surface area (Å²) in [4.78, 5) is 8.72. The number of hydrogen-bond acceptors (Lipinski definition) is 8. The van der Waals surface area contributed by atoms with Gasteiger partial charge in [0.15, 0.2) is 0 Å². The van der Waals surface area contributed by atoms with Crippen molar-refractivity contribution in [3.8, 4) is 28.5 Å². The van der Waals surface area contributed by atoms with Crippen LogP contribution in [0.5, 0.6) is 6.01 Å². The smallest absolute Gasteiger partial charge is 0.318 e. The lowest BCUT2D eigenvalue weighted by atomic mass is 9.94. The highest BCUT2D eigenvalue weighted by atomic mass is 32.2. The zero-order valence-corrected chi connectivity index (χ0v) is 18.6. The first-order valence-corrected chi connectivity index (χ1v) is 12.1. The third-order valence-electron chi connectivity index (χ3n) is 4.99. The summed E-state index contributed by atoms with van der Waals surface area (Å²) in [5.74, 6) is 1.76. The molecule has 2 heterocycles. The Morgan fingerprint density at radius 1 is 1.06 bits per heavy atom. The van der Waals surface area contributed by atoms with Gasteiger partial charge in [-0.15, -0.1) is 0 Å². The van der Waals surface area contributed by atoms with E-state index in [1.54, 1.807) is 0 Å². The second kappa shape index (κ2) is 8.97. The molecule has 32 heavy (non-hydrogen) atoms. The van der Waals surface area contributed by atoms with Gasteiger partial charge in [0.05, 0.1) is 30.3 Å². The van der Waals surface area contributed by atoms with Crippen molar-refractivity contribution in [2.24, 2.45) is 0 Å². The number of benzene rings is 2. The highest BCUT2D eigenvalue weighted by Gasteiger charge is 2.18.